The number of halogens is 2. The summed E-state index contributed by atoms with van der Waals surface area (Å²) < 4.78 is 0. The van der Waals surface area contributed by atoms with Crippen LogP contribution in [-0.4, -0.2) is 13.1 Å². The molecule has 0 radical (unpaired) electrons. The van der Waals surface area contributed by atoms with Gasteiger partial charge in [-0.05, 0) is 43.6 Å². The summed E-state index contributed by atoms with van der Waals surface area (Å²) in [6.07, 6.45) is 6.10. The van der Waals surface area contributed by atoms with Crippen LogP contribution in [0.15, 0.2) is 30.4 Å². The third kappa shape index (κ3) is 4.56. The lowest BCUT2D eigenvalue weighted by Gasteiger charge is -2.03. The van der Waals surface area contributed by atoms with Crippen LogP contribution < -0.4 is 5.32 Å². The van der Waals surface area contributed by atoms with Crippen LogP contribution in [0.3, 0.4) is 0 Å². The molecule has 0 bridgehead atoms. The summed E-state index contributed by atoms with van der Waals surface area (Å²) in [5, 5.41) is 4.75. The Morgan fingerprint density at radius 3 is 2.50 bits per heavy atom. The molecule has 0 saturated heterocycles. The molecule has 16 heavy (non-hydrogen) atoms. The van der Waals surface area contributed by atoms with Gasteiger partial charge in [0, 0.05) is 10.0 Å². The van der Waals surface area contributed by atoms with Gasteiger partial charge in [-0.1, -0.05) is 48.3 Å². The zero-order valence-corrected chi connectivity index (χ0v) is 11.0. The molecular weight excluding hydrogens is 241 g/mol. The summed E-state index contributed by atoms with van der Waals surface area (Å²) in [5.41, 5.74) is 1.01. The summed E-state index contributed by atoms with van der Waals surface area (Å²) in [7, 11) is 0. The van der Waals surface area contributed by atoms with E-state index in [0.717, 1.165) is 41.5 Å². The second kappa shape index (κ2) is 7.72. The SMILES string of the molecule is CCNCCC=CCc1c(Cl)cccc1Cl. The number of nitrogens with one attached hydrogen (secondary N) is 1. The molecule has 3 heteroatoms. The van der Waals surface area contributed by atoms with Crippen molar-refractivity contribution in [3.63, 3.8) is 0 Å². The van der Waals surface area contributed by atoms with Crippen molar-refractivity contribution in [3.05, 3.63) is 46.0 Å². The van der Waals surface area contributed by atoms with Gasteiger partial charge in [0.1, 0.15) is 0 Å². The highest BCUT2D eigenvalue weighted by Gasteiger charge is 2.02. The van der Waals surface area contributed by atoms with E-state index in [2.05, 4.69) is 24.4 Å². The molecule has 1 aromatic rings. The Kier molecular flexibility index (Phi) is 6.55. The third-order valence-corrected chi connectivity index (χ3v) is 3.00. The van der Waals surface area contributed by atoms with Crippen LogP contribution in [-0.2, 0) is 6.42 Å². The summed E-state index contributed by atoms with van der Waals surface area (Å²) in [6.45, 7) is 4.14. The quantitative estimate of drug-likeness (QED) is 0.598. The van der Waals surface area contributed by atoms with Crippen molar-refractivity contribution in [2.24, 2.45) is 0 Å². The Morgan fingerprint density at radius 1 is 1.19 bits per heavy atom. The van der Waals surface area contributed by atoms with E-state index >= 15 is 0 Å². The molecule has 0 unspecified atom stereocenters. The minimum atomic E-state index is 0.740. The van der Waals surface area contributed by atoms with Gasteiger partial charge in [-0.2, -0.15) is 0 Å². The largest absolute Gasteiger partial charge is 0.317 e. The minimum Gasteiger partial charge on any atom is -0.317 e. The van der Waals surface area contributed by atoms with Gasteiger partial charge < -0.3 is 5.32 Å². The monoisotopic (exact) mass is 257 g/mol. The number of rotatable bonds is 6. The van der Waals surface area contributed by atoms with Crippen LogP contribution >= 0.6 is 23.2 Å². The lowest BCUT2D eigenvalue weighted by molar-refractivity contribution is 0.726. The topological polar surface area (TPSA) is 12.0 Å². The number of hydrogen-bond donors (Lipinski definition) is 1. The summed E-state index contributed by atoms with van der Waals surface area (Å²) in [6, 6.07) is 5.60. The number of benzene rings is 1. The first-order valence-electron chi connectivity index (χ1n) is 5.54. The molecular formula is C13H17Cl2N. The Hall–Kier alpha value is -0.500. The van der Waals surface area contributed by atoms with Gasteiger partial charge in [0.25, 0.3) is 0 Å². The highest BCUT2D eigenvalue weighted by molar-refractivity contribution is 6.36. The molecule has 0 aliphatic heterocycles. The van der Waals surface area contributed by atoms with Gasteiger partial charge in [-0.3, -0.25) is 0 Å². The van der Waals surface area contributed by atoms with Crippen molar-refractivity contribution in [1.29, 1.82) is 0 Å². The van der Waals surface area contributed by atoms with E-state index in [1.54, 1.807) is 0 Å². The third-order valence-electron chi connectivity index (χ3n) is 2.29. The molecule has 88 valence electrons. The highest BCUT2D eigenvalue weighted by Crippen LogP contribution is 2.24. The van der Waals surface area contributed by atoms with Gasteiger partial charge in [-0.25, -0.2) is 0 Å². The molecule has 1 rings (SSSR count). The molecule has 1 aromatic carbocycles. The van der Waals surface area contributed by atoms with E-state index in [1.807, 2.05) is 18.2 Å². The van der Waals surface area contributed by atoms with Gasteiger partial charge in [-0.15, -0.1) is 0 Å². The molecule has 0 aliphatic carbocycles. The average molecular weight is 258 g/mol. The summed E-state index contributed by atoms with van der Waals surface area (Å²) in [5.74, 6) is 0. The molecule has 0 heterocycles. The first-order chi connectivity index (χ1) is 7.75. The molecule has 1 nitrogen and oxygen atoms in total. The van der Waals surface area contributed by atoms with Crippen LogP contribution in [0.5, 0.6) is 0 Å². The Labute approximate surface area is 107 Å². The van der Waals surface area contributed by atoms with Crippen LogP contribution in [0, 0.1) is 0 Å². The summed E-state index contributed by atoms with van der Waals surface area (Å²) >= 11 is 12.1. The molecule has 1 N–H and O–H groups in total. The number of hydrogen-bond acceptors (Lipinski definition) is 1. The lowest BCUT2D eigenvalue weighted by Crippen LogP contribution is -2.12. The van der Waals surface area contributed by atoms with Crippen molar-refractivity contribution in [2.45, 2.75) is 19.8 Å². The average Bonchev–Trinajstić information content (AvgIpc) is 2.26. The lowest BCUT2D eigenvalue weighted by atomic mass is 10.1. The van der Waals surface area contributed by atoms with Crippen molar-refractivity contribution in [3.8, 4) is 0 Å². The number of allylic oxidation sites excluding steroid dienone is 1. The second-order valence-electron chi connectivity index (χ2n) is 3.52. The van der Waals surface area contributed by atoms with Crippen molar-refractivity contribution in [1.82, 2.24) is 5.32 Å². The van der Waals surface area contributed by atoms with Crippen molar-refractivity contribution < 1.29 is 0 Å². The zero-order chi connectivity index (χ0) is 11.8. The van der Waals surface area contributed by atoms with Crippen LogP contribution in [0.1, 0.15) is 18.9 Å². The fourth-order valence-corrected chi connectivity index (χ4v) is 1.96. The van der Waals surface area contributed by atoms with Crippen molar-refractivity contribution >= 4 is 23.2 Å². The fourth-order valence-electron chi connectivity index (χ4n) is 1.41. The van der Waals surface area contributed by atoms with E-state index in [4.69, 9.17) is 23.2 Å². The Bertz CT molecular complexity index is 328. The zero-order valence-electron chi connectivity index (χ0n) is 9.47. The molecule has 0 aliphatic rings. The standard InChI is InChI=1S/C13H17Cl2N/c1-2-16-10-5-3-4-7-11-12(14)8-6-9-13(11)15/h3-4,6,8-9,16H,2,5,7,10H2,1H3. The van der Waals surface area contributed by atoms with Crippen LogP contribution in [0.4, 0.5) is 0 Å². The predicted octanol–water partition coefficient (Wildman–Crippen LogP) is 4.09. The Morgan fingerprint density at radius 2 is 1.88 bits per heavy atom. The molecule has 0 spiro atoms. The molecule has 0 amide bonds. The normalized spacial score (nSPS) is 11.2. The summed E-state index contributed by atoms with van der Waals surface area (Å²) in [4.78, 5) is 0. The van der Waals surface area contributed by atoms with Crippen molar-refractivity contribution in [2.75, 3.05) is 13.1 Å². The van der Waals surface area contributed by atoms with Crippen LogP contribution in [0.2, 0.25) is 10.0 Å². The Balaban J connectivity index is 2.42. The van der Waals surface area contributed by atoms with Crippen LogP contribution in [0.25, 0.3) is 0 Å². The minimum absolute atomic E-state index is 0.740. The van der Waals surface area contributed by atoms with E-state index < -0.39 is 0 Å². The maximum absolute atomic E-state index is 6.06. The first kappa shape index (κ1) is 13.6. The second-order valence-corrected chi connectivity index (χ2v) is 4.33. The van der Waals surface area contributed by atoms with E-state index in [9.17, 15) is 0 Å². The van der Waals surface area contributed by atoms with Gasteiger partial charge in [0.2, 0.25) is 0 Å². The first-order valence-corrected chi connectivity index (χ1v) is 6.30. The predicted molar refractivity (Wildman–Crippen MR) is 72.5 cm³/mol. The highest BCUT2D eigenvalue weighted by atomic mass is 35.5. The fraction of sp³-hybridized carbons (Fsp3) is 0.385. The molecule has 0 saturated carbocycles. The van der Waals surface area contributed by atoms with E-state index in [1.165, 1.54) is 0 Å². The van der Waals surface area contributed by atoms with E-state index in [-0.39, 0.29) is 0 Å². The maximum Gasteiger partial charge on any atom is 0.0456 e. The van der Waals surface area contributed by atoms with Gasteiger partial charge in [0.05, 0.1) is 0 Å². The van der Waals surface area contributed by atoms with Gasteiger partial charge >= 0.3 is 0 Å². The van der Waals surface area contributed by atoms with Gasteiger partial charge in [0.15, 0.2) is 0 Å². The smallest absolute Gasteiger partial charge is 0.0456 e. The molecule has 0 fully saturated rings. The molecule has 0 aromatic heterocycles. The van der Waals surface area contributed by atoms with E-state index in [0.29, 0.717) is 0 Å². The maximum atomic E-state index is 6.06. The molecule has 0 atom stereocenters.